The predicted octanol–water partition coefficient (Wildman–Crippen LogP) is 18.1. The van der Waals surface area contributed by atoms with Gasteiger partial charge in [0.2, 0.25) is 0 Å². The van der Waals surface area contributed by atoms with Gasteiger partial charge in [-0.25, -0.2) is 0 Å². The Kier molecular flexibility index (Phi) is 11.0. The predicted molar refractivity (Wildman–Crippen MR) is 294 cm³/mol. The van der Waals surface area contributed by atoms with Crippen LogP contribution >= 0.6 is 0 Å². The third-order valence-corrected chi connectivity index (χ3v) is 16.2. The summed E-state index contributed by atoms with van der Waals surface area (Å²) in [7, 11) is 2.21. The van der Waals surface area contributed by atoms with Crippen molar-refractivity contribution >= 4 is 16.9 Å². The molecule has 0 spiro atoms. The minimum Gasteiger partial charge on any atom is -0.345 e. The molecule has 0 amide bonds. The van der Waals surface area contributed by atoms with Crippen LogP contribution in [0.25, 0.3) is 50.1 Å². The second kappa shape index (κ2) is 16.5. The van der Waals surface area contributed by atoms with Gasteiger partial charge in [0.05, 0.1) is 0 Å². The van der Waals surface area contributed by atoms with Gasteiger partial charge in [0.15, 0.2) is 0 Å². The van der Waals surface area contributed by atoms with Gasteiger partial charge in [-0.2, -0.15) is 0 Å². The molecule has 0 unspecified atom stereocenters. The van der Waals surface area contributed by atoms with E-state index in [1.54, 1.807) is 0 Å². The quantitative estimate of drug-likeness (QED) is 0.150. The van der Waals surface area contributed by atoms with E-state index in [4.69, 9.17) is 0 Å². The average Bonchev–Trinajstić information content (AvgIpc) is 4.09. The Morgan fingerprint density at radius 2 is 0.956 bits per heavy atom. The van der Waals surface area contributed by atoms with E-state index < -0.39 is 0 Å². The van der Waals surface area contributed by atoms with Gasteiger partial charge in [-0.15, -0.1) is 0 Å². The fourth-order valence-corrected chi connectivity index (χ4v) is 12.6. The zero-order valence-electron chi connectivity index (χ0n) is 42.3. The number of hydrogen-bond acceptors (Lipinski definition) is 1. The van der Waals surface area contributed by atoms with Crippen LogP contribution in [-0.4, -0.2) is 7.05 Å². The van der Waals surface area contributed by atoms with Crippen LogP contribution in [0.3, 0.4) is 0 Å². The van der Waals surface area contributed by atoms with Crippen molar-refractivity contribution in [3.8, 4) is 44.5 Å². The molecule has 0 radical (unpaired) electrons. The Bertz CT molecular complexity index is 3320. The van der Waals surface area contributed by atoms with Crippen LogP contribution in [-0.2, 0) is 29.1 Å². The lowest BCUT2D eigenvalue weighted by molar-refractivity contribution is 0.653. The summed E-state index contributed by atoms with van der Waals surface area (Å²) in [5.41, 5.74) is 33.1. The second-order valence-corrected chi connectivity index (χ2v) is 21.0. The Morgan fingerprint density at radius 1 is 0.515 bits per heavy atom. The van der Waals surface area contributed by atoms with Crippen LogP contribution < -0.4 is 4.90 Å². The molecule has 12 rings (SSSR count). The largest absolute Gasteiger partial charge is 0.345 e. The van der Waals surface area contributed by atoms with Gasteiger partial charge >= 0.3 is 0 Å². The summed E-state index contributed by atoms with van der Waals surface area (Å²) in [5, 5.41) is 0. The van der Waals surface area contributed by atoms with Crippen molar-refractivity contribution < 1.29 is 0 Å². The number of hydrogen-bond donors (Lipinski definition) is 0. The van der Waals surface area contributed by atoms with Gasteiger partial charge in [0.25, 0.3) is 0 Å². The van der Waals surface area contributed by atoms with Gasteiger partial charge in [-0.3, -0.25) is 0 Å². The summed E-state index contributed by atoms with van der Waals surface area (Å²) >= 11 is 0. The minimum absolute atomic E-state index is 0.0781. The molecule has 0 aromatic heterocycles. The summed E-state index contributed by atoms with van der Waals surface area (Å²) < 4.78 is 0. The van der Waals surface area contributed by atoms with Crippen molar-refractivity contribution in [3.63, 3.8) is 0 Å². The summed E-state index contributed by atoms with van der Waals surface area (Å²) in [6, 6.07) is 50.3. The maximum Gasteiger partial charge on any atom is 0.0411 e. The Hall–Kier alpha value is -6.70. The molecule has 0 N–H and O–H groups in total. The molecule has 7 aromatic rings. The van der Waals surface area contributed by atoms with Crippen molar-refractivity contribution in [2.24, 2.45) is 0 Å². The van der Waals surface area contributed by atoms with Crippen LogP contribution in [0, 0.1) is 0 Å². The van der Waals surface area contributed by atoms with Crippen molar-refractivity contribution in [2.75, 3.05) is 11.9 Å². The molecule has 5 aliphatic rings. The lowest BCUT2D eigenvalue weighted by Gasteiger charge is -2.28. The van der Waals surface area contributed by atoms with Crippen molar-refractivity contribution in [1.82, 2.24) is 0 Å². The highest BCUT2D eigenvalue weighted by atomic mass is 15.1. The van der Waals surface area contributed by atoms with Crippen LogP contribution in [0.5, 0.6) is 0 Å². The van der Waals surface area contributed by atoms with Gasteiger partial charge in [0.1, 0.15) is 0 Å². The number of fused-ring (bicyclic) bond motifs is 15. The standard InChI is InChI=1S/C43H43N.C22H18.C2H6/c1-10-32-34-20-17-30(24-38(34)42(5,6)37(32)22-15-27(4)26(2)3)44(9)31-18-21-35-36-19-16-29-23-28-13-11-12-14-33(28)40(29)41(36)43(7,8)39(35)25-31;1-22(2)19-10-6-5-9-17(19)18-12-11-15-13-14-7-3-4-8-16(14)20(15)21(18)22;1-2/h11-22,24-25H,2,4,10,23H2,1,3,5-9H3;3-12H,13H2,1-2H3;1-2H3/b22-15-;;. The Balaban J connectivity index is 0.000000186. The first kappa shape index (κ1) is 45.1. The lowest BCUT2D eigenvalue weighted by atomic mass is 9.78. The zero-order valence-corrected chi connectivity index (χ0v) is 42.3. The van der Waals surface area contributed by atoms with Gasteiger partial charge in [-0.1, -0.05) is 202 Å². The normalized spacial score (nSPS) is 15.9. The summed E-state index contributed by atoms with van der Waals surface area (Å²) in [4.78, 5) is 2.36. The van der Waals surface area contributed by atoms with Gasteiger partial charge in [-0.05, 0) is 167 Å². The fourth-order valence-electron chi connectivity index (χ4n) is 12.6. The molecule has 0 fully saturated rings. The molecule has 0 atom stereocenters. The summed E-state index contributed by atoms with van der Waals surface area (Å²) in [6.45, 7) is 30.8. The van der Waals surface area contributed by atoms with Gasteiger partial charge in [0, 0.05) is 34.7 Å². The third-order valence-electron chi connectivity index (χ3n) is 16.2. The van der Waals surface area contributed by atoms with Crippen LogP contribution in [0.2, 0.25) is 0 Å². The molecule has 0 saturated carbocycles. The molecule has 340 valence electrons. The second-order valence-electron chi connectivity index (χ2n) is 21.0. The Labute approximate surface area is 407 Å². The first-order valence-electron chi connectivity index (χ1n) is 25.0. The first-order valence-corrected chi connectivity index (χ1v) is 25.0. The molecule has 0 saturated heterocycles. The lowest BCUT2D eigenvalue weighted by Crippen LogP contribution is -2.19. The molecule has 0 heterocycles. The third kappa shape index (κ3) is 6.71. The summed E-state index contributed by atoms with van der Waals surface area (Å²) in [5.74, 6) is 0. The molecule has 1 heteroatoms. The van der Waals surface area contributed by atoms with E-state index in [0.29, 0.717) is 0 Å². The van der Waals surface area contributed by atoms with Crippen molar-refractivity contribution in [3.05, 3.63) is 231 Å². The van der Waals surface area contributed by atoms with E-state index >= 15 is 0 Å². The van der Waals surface area contributed by atoms with Crippen LogP contribution in [0.15, 0.2) is 175 Å². The van der Waals surface area contributed by atoms with E-state index in [1.165, 1.54) is 123 Å². The topological polar surface area (TPSA) is 3.24 Å². The molecular formula is C67H67N. The van der Waals surface area contributed by atoms with Crippen molar-refractivity contribution in [2.45, 2.75) is 105 Å². The van der Waals surface area contributed by atoms with E-state index in [9.17, 15) is 0 Å². The SMILES string of the molecule is C=C(C)C(=C)/C=C\C1=C(CC)c2ccc(N(C)c3ccc4c(c3)C(C)(C)c3c-4ccc4c3-c3ccccc3C4)cc2C1(C)C.CC.CC1(C)c2ccccc2-c2ccc3c(c21)-c1ccccc1C3. The molecular weight excluding hydrogens is 819 g/mol. The fraction of sp³-hybridized carbons (Fsp3) is 0.254. The smallest absolute Gasteiger partial charge is 0.0411 e. The van der Waals surface area contributed by atoms with Crippen molar-refractivity contribution in [1.29, 1.82) is 0 Å². The monoisotopic (exact) mass is 886 g/mol. The number of rotatable bonds is 6. The number of benzene rings is 7. The zero-order chi connectivity index (χ0) is 48.0. The molecule has 0 bridgehead atoms. The molecule has 0 aliphatic heterocycles. The molecule has 1 nitrogen and oxygen atoms in total. The highest BCUT2D eigenvalue weighted by molar-refractivity contribution is 5.94. The average molecular weight is 886 g/mol. The summed E-state index contributed by atoms with van der Waals surface area (Å²) in [6.07, 6.45) is 7.51. The maximum atomic E-state index is 4.19. The van der Waals surface area contributed by atoms with Gasteiger partial charge < -0.3 is 4.90 Å². The number of allylic oxidation sites excluding steroid dienone is 6. The molecule has 5 aliphatic carbocycles. The van der Waals surface area contributed by atoms with E-state index in [1.807, 2.05) is 20.8 Å². The van der Waals surface area contributed by atoms with Crippen LogP contribution in [0.4, 0.5) is 11.4 Å². The minimum atomic E-state index is -0.0956. The highest BCUT2D eigenvalue weighted by Gasteiger charge is 2.42. The van der Waals surface area contributed by atoms with E-state index in [0.717, 1.165) is 30.4 Å². The highest BCUT2D eigenvalue weighted by Crippen LogP contribution is 2.58. The molecule has 68 heavy (non-hydrogen) atoms. The van der Waals surface area contributed by atoms with E-state index in [-0.39, 0.29) is 16.2 Å². The van der Waals surface area contributed by atoms with Crippen LogP contribution in [0.1, 0.15) is 131 Å². The maximum absolute atomic E-state index is 4.19. The Morgan fingerprint density at radius 3 is 1.49 bits per heavy atom. The number of anilines is 2. The molecule has 7 aromatic carbocycles. The first-order chi connectivity index (χ1) is 32.6. The van der Waals surface area contributed by atoms with E-state index in [2.05, 4.69) is 219 Å². The number of nitrogens with zero attached hydrogens (tertiary/aromatic N) is 1.